The van der Waals surface area contributed by atoms with Gasteiger partial charge in [0.1, 0.15) is 0 Å². The van der Waals surface area contributed by atoms with Gasteiger partial charge in [0.15, 0.2) is 0 Å². The molecule has 0 saturated heterocycles. The lowest BCUT2D eigenvalue weighted by Crippen LogP contribution is -2.29. The highest BCUT2D eigenvalue weighted by atomic mass is 14.7. The number of fused-ring (bicyclic) bond motifs is 4. The van der Waals surface area contributed by atoms with E-state index in [1.54, 1.807) is 5.57 Å². The first kappa shape index (κ1) is 6.41. The number of hydrogen-bond acceptors (Lipinski definition) is 1. The third-order valence-corrected chi connectivity index (χ3v) is 2.96. The van der Waals surface area contributed by atoms with Crippen molar-refractivity contribution in [2.45, 2.75) is 38.1 Å². The zero-order valence-corrected chi connectivity index (χ0v) is 6.34. The topological polar surface area (TPSA) is 26.0 Å². The molecule has 10 heavy (non-hydrogen) atoms. The van der Waals surface area contributed by atoms with E-state index in [0.29, 0.717) is 6.04 Å². The molecule has 0 radical (unpaired) electrons. The second kappa shape index (κ2) is 2.39. The summed E-state index contributed by atoms with van der Waals surface area (Å²) in [4.78, 5) is 0. The van der Waals surface area contributed by atoms with Crippen LogP contribution in [0.5, 0.6) is 0 Å². The van der Waals surface area contributed by atoms with Gasteiger partial charge in [0, 0.05) is 6.04 Å². The molecule has 1 nitrogen and oxygen atoms in total. The molecule has 1 atom stereocenters. The highest BCUT2D eigenvalue weighted by Crippen LogP contribution is 2.34. The highest BCUT2D eigenvalue weighted by Gasteiger charge is 2.24. The molecule has 3 rings (SSSR count). The van der Waals surface area contributed by atoms with Crippen LogP contribution in [0.1, 0.15) is 32.1 Å². The van der Waals surface area contributed by atoms with Gasteiger partial charge in [-0.2, -0.15) is 0 Å². The zero-order valence-electron chi connectivity index (χ0n) is 6.34. The molecule has 0 unspecified atom stereocenters. The maximum atomic E-state index is 5.97. The predicted molar refractivity (Wildman–Crippen MR) is 42.6 cm³/mol. The first-order chi connectivity index (χ1) is 4.86. The monoisotopic (exact) mass is 137 g/mol. The van der Waals surface area contributed by atoms with Gasteiger partial charge in [0.2, 0.25) is 0 Å². The fourth-order valence-corrected chi connectivity index (χ4v) is 2.14. The van der Waals surface area contributed by atoms with E-state index in [-0.39, 0.29) is 0 Å². The van der Waals surface area contributed by atoms with Crippen molar-refractivity contribution in [2.24, 2.45) is 11.7 Å². The normalized spacial score (nSPS) is 39.1. The summed E-state index contributed by atoms with van der Waals surface area (Å²) in [6, 6.07) is 0.472. The Hall–Kier alpha value is -0.300. The number of rotatable bonds is 0. The minimum atomic E-state index is 0.472. The standard InChI is InChI=1S/C9H15N/c10-9-6-3-7-1-4-8(9)5-2-7/h3,8-9H,1-2,4-6,10H2/t9-/m0/s1. The molecule has 1 saturated carbocycles. The van der Waals surface area contributed by atoms with Crippen LogP contribution in [0.3, 0.4) is 0 Å². The van der Waals surface area contributed by atoms with E-state index in [4.69, 9.17) is 5.73 Å². The fourth-order valence-electron chi connectivity index (χ4n) is 2.14. The molecule has 1 heteroatoms. The van der Waals surface area contributed by atoms with Crippen molar-refractivity contribution >= 4 is 0 Å². The van der Waals surface area contributed by atoms with Crippen LogP contribution < -0.4 is 5.73 Å². The summed E-state index contributed by atoms with van der Waals surface area (Å²) in [6.45, 7) is 0. The van der Waals surface area contributed by atoms with E-state index in [1.807, 2.05) is 0 Å². The van der Waals surface area contributed by atoms with Crippen LogP contribution in [0, 0.1) is 5.92 Å². The Morgan fingerprint density at radius 3 is 2.70 bits per heavy atom. The van der Waals surface area contributed by atoms with Gasteiger partial charge in [-0.25, -0.2) is 0 Å². The Morgan fingerprint density at radius 2 is 2.00 bits per heavy atom. The van der Waals surface area contributed by atoms with Gasteiger partial charge in [-0.1, -0.05) is 11.6 Å². The summed E-state index contributed by atoms with van der Waals surface area (Å²) in [5.41, 5.74) is 7.64. The average Bonchev–Trinajstić information content (AvgIpc) is 2.24. The van der Waals surface area contributed by atoms with E-state index < -0.39 is 0 Å². The van der Waals surface area contributed by atoms with Crippen molar-refractivity contribution in [3.63, 3.8) is 0 Å². The molecule has 0 aromatic rings. The summed E-state index contributed by atoms with van der Waals surface area (Å²) in [6.07, 6.45) is 8.88. The van der Waals surface area contributed by atoms with Crippen LogP contribution in [0.15, 0.2) is 11.6 Å². The molecular weight excluding hydrogens is 122 g/mol. The smallest absolute Gasteiger partial charge is 0.0102 e. The SMILES string of the molecule is N[C@H]1CC=C2CCC1CC2. The van der Waals surface area contributed by atoms with E-state index in [1.165, 1.54) is 25.7 Å². The van der Waals surface area contributed by atoms with Crippen LogP contribution in [0.4, 0.5) is 0 Å². The maximum absolute atomic E-state index is 5.97. The van der Waals surface area contributed by atoms with Crippen LogP contribution in [-0.4, -0.2) is 6.04 Å². The van der Waals surface area contributed by atoms with Crippen LogP contribution >= 0.6 is 0 Å². The first-order valence-electron chi connectivity index (χ1n) is 4.30. The minimum Gasteiger partial charge on any atom is -0.327 e. The number of nitrogens with two attached hydrogens (primary N) is 1. The van der Waals surface area contributed by atoms with Crippen molar-refractivity contribution in [2.75, 3.05) is 0 Å². The lowest BCUT2D eigenvalue weighted by Gasteiger charge is -2.23. The van der Waals surface area contributed by atoms with E-state index in [0.717, 1.165) is 12.3 Å². The van der Waals surface area contributed by atoms with Gasteiger partial charge in [0.05, 0.1) is 0 Å². The summed E-state index contributed by atoms with van der Waals surface area (Å²) < 4.78 is 0. The summed E-state index contributed by atoms with van der Waals surface area (Å²) >= 11 is 0. The second-order valence-electron chi connectivity index (χ2n) is 3.60. The molecule has 0 aliphatic heterocycles. The van der Waals surface area contributed by atoms with Gasteiger partial charge in [-0.05, 0) is 38.0 Å². The Morgan fingerprint density at radius 1 is 1.30 bits per heavy atom. The molecule has 0 amide bonds. The van der Waals surface area contributed by atoms with Gasteiger partial charge in [0.25, 0.3) is 0 Å². The van der Waals surface area contributed by atoms with E-state index >= 15 is 0 Å². The lowest BCUT2D eigenvalue weighted by molar-refractivity contribution is 0.357. The van der Waals surface area contributed by atoms with Crippen molar-refractivity contribution in [3.8, 4) is 0 Å². The van der Waals surface area contributed by atoms with Crippen molar-refractivity contribution in [1.82, 2.24) is 0 Å². The third kappa shape index (κ3) is 0.988. The summed E-state index contributed by atoms with van der Waals surface area (Å²) in [5.74, 6) is 0.836. The largest absolute Gasteiger partial charge is 0.327 e. The summed E-state index contributed by atoms with van der Waals surface area (Å²) in [7, 11) is 0. The van der Waals surface area contributed by atoms with Crippen molar-refractivity contribution in [3.05, 3.63) is 11.6 Å². The Kier molecular flexibility index (Phi) is 1.53. The molecular formula is C9H15N. The molecule has 2 N–H and O–H groups in total. The molecule has 3 aliphatic rings. The number of hydrogen-bond donors (Lipinski definition) is 1. The van der Waals surface area contributed by atoms with Gasteiger partial charge < -0.3 is 5.73 Å². The van der Waals surface area contributed by atoms with Crippen molar-refractivity contribution < 1.29 is 0 Å². The average molecular weight is 137 g/mol. The Balaban J connectivity index is 2.18. The van der Waals surface area contributed by atoms with E-state index in [2.05, 4.69) is 6.08 Å². The minimum absolute atomic E-state index is 0.472. The molecule has 2 bridgehead atoms. The third-order valence-electron chi connectivity index (χ3n) is 2.96. The first-order valence-corrected chi connectivity index (χ1v) is 4.30. The molecule has 0 aromatic carbocycles. The highest BCUT2D eigenvalue weighted by molar-refractivity contribution is 5.10. The van der Waals surface area contributed by atoms with Crippen LogP contribution in [0.25, 0.3) is 0 Å². The zero-order chi connectivity index (χ0) is 6.97. The maximum Gasteiger partial charge on any atom is 0.0102 e. The molecule has 0 aromatic heterocycles. The van der Waals surface area contributed by atoms with E-state index in [9.17, 15) is 0 Å². The predicted octanol–water partition coefficient (Wildman–Crippen LogP) is 1.83. The molecule has 0 heterocycles. The number of allylic oxidation sites excluding steroid dienone is 1. The molecule has 0 spiro atoms. The lowest BCUT2D eigenvalue weighted by atomic mass is 9.85. The van der Waals surface area contributed by atoms with Crippen molar-refractivity contribution in [1.29, 1.82) is 0 Å². The molecule has 3 aliphatic carbocycles. The van der Waals surface area contributed by atoms with Gasteiger partial charge >= 0.3 is 0 Å². The van der Waals surface area contributed by atoms with Gasteiger partial charge in [-0.3, -0.25) is 0 Å². The quantitative estimate of drug-likeness (QED) is 0.506. The second-order valence-corrected chi connectivity index (χ2v) is 3.60. The molecule has 1 fully saturated rings. The summed E-state index contributed by atoms with van der Waals surface area (Å²) in [5, 5.41) is 0. The van der Waals surface area contributed by atoms with Gasteiger partial charge in [-0.15, -0.1) is 0 Å². The fraction of sp³-hybridized carbons (Fsp3) is 0.778. The van der Waals surface area contributed by atoms with Crippen LogP contribution in [0.2, 0.25) is 0 Å². The molecule has 56 valence electrons. The Bertz CT molecular complexity index is 150. The Labute approximate surface area is 62.3 Å². The van der Waals surface area contributed by atoms with Crippen LogP contribution in [-0.2, 0) is 0 Å².